The molecule has 2 radical (unpaired) electrons. The largest absolute Gasteiger partial charge is 0.465 e. The van der Waals surface area contributed by atoms with Crippen LogP contribution in [0.25, 0.3) is 0 Å². The van der Waals surface area contributed by atoms with Crippen molar-refractivity contribution in [3.8, 4) is 0 Å². The van der Waals surface area contributed by atoms with Gasteiger partial charge in [0.05, 0.1) is 12.7 Å². The van der Waals surface area contributed by atoms with Crippen molar-refractivity contribution in [1.82, 2.24) is 0 Å². The summed E-state index contributed by atoms with van der Waals surface area (Å²) in [6.45, 7) is 1.89. The third-order valence-electron chi connectivity index (χ3n) is 1.70. The molecule has 12 heavy (non-hydrogen) atoms. The van der Waals surface area contributed by atoms with Crippen LogP contribution in [0.3, 0.4) is 0 Å². The number of carbonyl (C=O) groups excluding carboxylic acids is 1. The Hall–Kier alpha value is -1.25. The number of ether oxygens (including phenoxy) is 1. The van der Waals surface area contributed by atoms with Crippen LogP contribution >= 0.6 is 0 Å². The molecule has 3 heteroatoms. The van der Waals surface area contributed by atoms with Gasteiger partial charge >= 0.3 is 5.97 Å². The van der Waals surface area contributed by atoms with E-state index in [2.05, 4.69) is 4.74 Å². The van der Waals surface area contributed by atoms with E-state index in [4.69, 9.17) is 7.85 Å². The molecule has 0 unspecified atom stereocenters. The summed E-state index contributed by atoms with van der Waals surface area (Å²) in [4.78, 5) is 11.0. The van der Waals surface area contributed by atoms with Gasteiger partial charge in [-0.1, -0.05) is 23.2 Å². The Morgan fingerprint density at radius 2 is 2.17 bits per heavy atom. The zero-order chi connectivity index (χ0) is 9.14. The van der Waals surface area contributed by atoms with E-state index in [1.165, 1.54) is 7.11 Å². The van der Waals surface area contributed by atoms with Crippen LogP contribution in [-0.4, -0.2) is 20.9 Å². The van der Waals surface area contributed by atoms with E-state index in [0.29, 0.717) is 11.0 Å². The number of methoxy groups -OCH3 is 1. The number of hydrogen-bond donors (Lipinski definition) is 0. The van der Waals surface area contributed by atoms with Gasteiger partial charge in [0, 0.05) is 0 Å². The van der Waals surface area contributed by atoms with E-state index in [9.17, 15) is 4.79 Å². The fourth-order valence-corrected chi connectivity index (χ4v) is 0.885. The summed E-state index contributed by atoms with van der Waals surface area (Å²) in [5.41, 5.74) is 2.06. The second kappa shape index (κ2) is 3.43. The van der Waals surface area contributed by atoms with E-state index in [1.807, 2.05) is 6.92 Å². The van der Waals surface area contributed by atoms with Gasteiger partial charge in [-0.2, -0.15) is 0 Å². The molecule has 1 rings (SSSR count). The van der Waals surface area contributed by atoms with Gasteiger partial charge in [0.2, 0.25) is 0 Å². The Kier molecular flexibility index (Phi) is 2.53. The SMILES string of the molecule is [B]c1cc(C(=O)OC)ccc1C. The molecule has 2 nitrogen and oxygen atoms in total. The maximum absolute atomic E-state index is 11.0. The van der Waals surface area contributed by atoms with Crippen LogP contribution in [0.4, 0.5) is 0 Å². The maximum atomic E-state index is 11.0. The minimum Gasteiger partial charge on any atom is -0.465 e. The summed E-state index contributed by atoms with van der Waals surface area (Å²) in [7, 11) is 6.95. The van der Waals surface area contributed by atoms with Crippen molar-refractivity contribution in [3.63, 3.8) is 0 Å². The van der Waals surface area contributed by atoms with Crippen LogP contribution < -0.4 is 5.46 Å². The van der Waals surface area contributed by atoms with Crippen LogP contribution in [0.1, 0.15) is 15.9 Å². The molecule has 0 atom stereocenters. The summed E-state index contributed by atoms with van der Waals surface area (Å²) in [6.07, 6.45) is 0. The fourth-order valence-electron chi connectivity index (χ4n) is 0.885. The lowest BCUT2D eigenvalue weighted by atomic mass is 9.90. The van der Waals surface area contributed by atoms with Gasteiger partial charge in [-0.3, -0.25) is 0 Å². The van der Waals surface area contributed by atoms with Gasteiger partial charge in [-0.25, -0.2) is 4.79 Å². The zero-order valence-electron chi connectivity index (χ0n) is 7.13. The summed E-state index contributed by atoms with van der Waals surface area (Å²) in [5.74, 6) is -0.360. The molecule has 0 heterocycles. The third-order valence-corrected chi connectivity index (χ3v) is 1.70. The molecule has 0 saturated carbocycles. The number of rotatable bonds is 1. The first-order chi connectivity index (χ1) is 5.65. The Morgan fingerprint density at radius 3 is 2.67 bits per heavy atom. The number of aryl methyl sites for hydroxylation is 1. The molecule has 0 amide bonds. The predicted molar refractivity (Wildman–Crippen MR) is 47.9 cm³/mol. The van der Waals surface area contributed by atoms with Gasteiger partial charge in [0.15, 0.2) is 0 Å². The first kappa shape index (κ1) is 8.85. The maximum Gasteiger partial charge on any atom is 0.337 e. The standard InChI is InChI=1S/C9H9BO2/c1-6-3-4-7(5-8(6)10)9(11)12-2/h3-5H,1-2H3. The van der Waals surface area contributed by atoms with E-state index in [1.54, 1.807) is 18.2 Å². The fraction of sp³-hybridized carbons (Fsp3) is 0.222. The van der Waals surface area contributed by atoms with Crippen LogP contribution in [0.15, 0.2) is 18.2 Å². The van der Waals surface area contributed by atoms with E-state index in [-0.39, 0.29) is 5.97 Å². The van der Waals surface area contributed by atoms with Crippen molar-refractivity contribution in [2.24, 2.45) is 0 Å². The van der Waals surface area contributed by atoms with Crippen molar-refractivity contribution in [2.75, 3.05) is 7.11 Å². The third kappa shape index (κ3) is 1.67. The van der Waals surface area contributed by atoms with Gasteiger partial charge in [-0.05, 0) is 13.0 Å². The van der Waals surface area contributed by atoms with Crippen LogP contribution in [-0.2, 0) is 4.74 Å². The molecule has 0 saturated heterocycles. The predicted octanol–water partition coefficient (Wildman–Crippen LogP) is 0.575. The van der Waals surface area contributed by atoms with Gasteiger partial charge in [0.25, 0.3) is 0 Å². The van der Waals surface area contributed by atoms with Gasteiger partial charge in [-0.15, -0.1) is 0 Å². The van der Waals surface area contributed by atoms with Crippen LogP contribution in [0.5, 0.6) is 0 Å². The highest BCUT2D eigenvalue weighted by Gasteiger charge is 2.04. The Labute approximate surface area is 73.0 Å². The zero-order valence-corrected chi connectivity index (χ0v) is 7.13. The van der Waals surface area contributed by atoms with Crippen molar-refractivity contribution < 1.29 is 9.53 Å². The lowest BCUT2D eigenvalue weighted by Gasteiger charge is -2.02. The first-order valence-electron chi connectivity index (χ1n) is 3.59. The number of benzene rings is 1. The second-order valence-corrected chi connectivity index (χ2v) is 2.56. The van der Waals surface area contributed by atoms with Gasteiger partial charge in [0.1, 0.15) is 7.85 Å². The molecular formula is C9H9BO2. The summed E-state index contributed by atoms with van der Waals surface area (Å²) in [6, 6.07) is 5.10. The lowest BCUT2D eigenvalue weighted by Crippen LogP contribution is -2.11. The minimum atomic E-state index is -0.360. The highest BCUT2D eigenvalue weighted by molar-refractivity contribution is 6.33. The Morgan fingerprint density at radius 1 is 1.50 bits per heavy atom. The Balaban J connectivity index is 3.05. The Bertz CT molecular complexity index is 307. The summed E-state index contributed by atoms with van der Waals surface area (Å²) >= 11 is 0. The highest BCUT2D eigenvalue weighted by Crippen LogP contribution is 2.01. The molecular weight excluding hydrogens is 151 g/mol. The molecule has 0 spiro atoms. The highest BCUT2D eigenvalue weighted by atomic mass is 16.5. The monoisotopic (exact) mass is 160 g/mol. The van der Waals surface area contributed by atoms with E-state index >= 15 is 0 Å². The number of hydrogen-bond acceptors (Lipinski definition) is 2. The molecule has 1 aromatic carbocycles. The van der Waals surface area contributed by atoms with E-state index in [0.717, 1.165) is 5.56 Å². The molecule has 0 N–H and O–H groups in total. The van der Waals surface area contributed by atoms with Crippen molar-refractivity contribution in [3.05, 3.63) is 29.3 Å². The smallest absolute Gasteiger partial charge is 0.337 e. The average molecular weight is 160 g/mol. The summed E-state index contributed by atoms with van der Waals surface area (Å²) in [5, 5.41) is 0. The molecule has 0 aromatic heterocycles. The first-order valence-corrected chi connectivity index (χ1v) is 3.59. The molecule has 1 aromatic rings. The van der Waals surface area contributed by atoms with Crippen LogP contribution in [0.2, 0.25) is 0 Å². The van der Waals surface area contributed by atoms with Crippen molar-refractivity contribution >= 4 is 19.3 Å². The van der Waals surface area contributed by atoms with Gasteiger partial charge < -0.3 is 4.74 Å². The summed E-state index contributed by atoms with van der Waals surface area (Å²) < 4.78 is 4.54. The lowest BCUT2D eigenvalue weighted by molar-refractivity contribution is 0.0601. The normalized spacial score (nSPS) is 9.50. The van der Waals surface area contributed by atoms with E-state index < -0.39 is 0 Å². The average Bonchev–Trinajstić information content (AvgIpc) is 2.08. The number of esters is 1. The van der Waals surface area contributed by atoms with Crippen molar-refractivity contribution in [1.29, 1.82) is 0 Å². The second-order valence-electron chi connectivity index (χ2n) is 2.56. The molecule has 0 bridgehead atoms. The molecule has 0 aliphatic rings. The topological polar surface area (TPSA) is 26.3 Å². The molecule has 0 aliphatic carbocycles. The minimum absolute atomic E-state index is 0.360. The molecule has 0 fully saturated rings. The molecule has 0 aliphatic heterocycles. The quantitative estimate of drug-likeness (QED) is 0.443. The van der Waals surface area contributed by atoms with Crippen LogP contribution in [0, 0.1) is 6.92 Å². The van der Waals surface area contributed by atoms with Crippen molar-refractivity contribution in [2.45, 2.75) is 6.92 Å². The molecule has 60 valence electrons. The number of carbonyl (C=O) groups is 1.